The number of piperazine rings is 1. The van der Waals surface area contributed by atoms with Crippen LogP contribution in [0.2, 0.25) is 0 Å². The van der Waals surface area contributed by atoms with E-state index in [2.05, 4.69) is 15.1 Å². The number of nitrogens with two attached hydrogens (primary N) is 4. The average molecular weight is 528 g/mol. The second-order valence-corrected chi connectivity index (χ2v) is 8.55. The molecule has 0 bridgehead atoms. The highest BCUT2D eigenvalue weighted by atomic mass is 19.1. The summed E-state index contributed by atoms with van der Waals surface area (Å²) in [5.74, 6) is 16.6. The van der Waals surface area contributed by atoms with Crippen LogP contribution in [0.4, 0.5) is 10.2 Å². The van der Waals surface area contributed by atoms with Crippen molar-refractivity contribution in [2.24, 2.45) is 28.4 Å². The van der Waals surface area contributed by atoms with Gasteiger partial charge < -0.3 is 31.1 Å². The number of Topliss-reactive ketones (excluding diaryl/α,β-unsaturated/α-hetero) is 1. The molecule has 202 valence electrons. The van der Waals surface area contributed by atoms with E-state index in [1.807, 2.05) is 23.1 Å². The predicted molar refractivity (Wildman–Crippen MR) is 139 cm³/mol. The molecule has 1 unspecified atom stereocenters. The average Bonchev–Trinajstić information content (AvgIpc) is 3.39. The number of carbonyl (C=O) groups excluding carboxylic acids is 2. The number of aromatic amines is 1. The molecule has 2 aromatic heterocycles. The molecule has 1 amide bonds. The molecule has 0 radical (unpaired) electrons. The molecule has 3 heterocycles. The smallest absolute Gasteiger partial charge is 0.295 e. The van der Waals surface area contributed by atoms with Gasteiger partial charge in [-0.15, -0.1) is 5.10 Å². The van der Waals surface area contributed by atoms with Gasteiger partial charge in [-0.3, -0.25) is 19.6 Å². The molecular formula is C23H30FN11O3. The molecule has 1 atom stereocenters. The number of allylic oxidation sites excluding steroid dienone is 1. The van der Waals surface area contributed by atoms with Gasteiger partial charge in [0.1, 0.15) is 5.76 Å². The van der Waals surface area contributed by atoms with Crippen molar-refractivity contribution in [2.75, 3.05) is 38.3 Å². The van der Waals surface area contributed by atoms with E-state index in [0.29, 0.717) is 25.5 Å². The van der Waals surface area contributed by atoms with Crippen LogP contribution >= 0.6 is 0 Å². The second kappa shape index (κ2) is 11.2. The van der Waals surface area contributed by atoms with Gasteiger partial charge >= 0.3 is 0 Å². The van der Waals surface area contributed by atoms with Crippen LogP contribution in [0.5, 0.6) is 0 Å². The highest BCUT2D eigenvalue weighted by Gasteiger charge is 2.32. The highest BCUT2D eigenvalue weighted by molar-refractivity contribution is 6.45. The van der Waals surface area contributed by atoms with Crippen molar-refractivity contribution in [3.05, 3.63) is 60.2 Å². The van der Waals surface area contributed by atoms with E-state index in [-0.39, 0.29) is 41.4 Å². The molecule has 1 saturated heterocycles. The van der Waals surface area contributed by atoms with Crippen LogP contribution in [0.1, 0.15) is 16.8 Å². The molecule has 1 fully saturated rings. The number of hydrazone groups is 1. The molecule has 2 aromatic rings. The quantitative estimate of drug-likeness (QED) is 0.0802. The molecule has 1 aliphatic carbocycles. The van der Waals surface area contributed by atoms with Crippen molar-refractivity contribution >= 4 is 34.4 Å². The molecule has 14 nitrogen and oxygen atoms in total. The summed E-state index contributed by atoms with van der Waals surface area (Å²) in [5.41, 5.74) is 5.40. The number of rotatable bonds is 6. The molecule has 2 aliphatic rings. The Balaban J connectivity index is 1.44. The number of H-pyrrole nitrogens is 1. The molecule has 0 saturated carbocycles. The van der Waals surface area contributed by atoms with E-state index >= 15 is 0 Å². The topological polar surface area (TPSA) is 201 Å². The summed E-state index contributed by atoms with van der Waals surface area (Å²) in [4.78, 5) is 36.2. The third-order valence-electron chi connectivity index (χ3n) is 6.41. The van der Waals surface area contributed by atoms with Crippen LogP contribution in [0.3, 0.4) is 0 Å². The summed E-state index contributed by atoms with van der Waals surface area (Å²) < 4.78 is 19.9. The van der Waals surface area contributed by atoms with E-state index in [1.165, 1.54) is 28.5 Å². The first kappa shape index (κ1) is 26.4. The Kier molecular flexibility index (Phi) is 7.78. The molecule has 4 rings (SSSR count). The first-order valence-electron chi connectivity index (χ1n) is 11.7. The van der Waals surface area contributed by atoms with Crippen molar-refractivity contribution in [1.29, 1.82) is 0 Å². The van der Waals surface area contributed by atoms with Crippen LogP contribution in [0.15, 0.2) is 53.9 Å². The minimum absolute atomic E-state index is 0.0876. The number of hydrogen-bond donors (Lipinski definition) is 5. The zero-order chi connectivity index (χ0) is 27.4. The predicted octanol–water partition coefficient (Wildman–Crippen LogP) is -0.597. The Morgan fingerprint density at radius 2 is 1.97 bits per heavy atom. The van der Waals surface area contributed by atoms with Crippen molar-refractivity contribution in [3.63, 3.8) is 0 Å². The Morgan fingerprint density at radius 1 is 1.26 bits per heavy atom. The van der Waals surface area contributed by atoms with Gasteiger partial charge in [0.05, 0.1) is 35.8 Å². The lowest BCUT2D eigenvalue weighted by Crippen LogP contribution is -2.59. The van der Waals surface area contributed by atoms with Gasteiger partial charge in [0.2, 0.25) is 5.96 Å². The standard InChI is InChI=1S/C23H30FN11O3/c1-38-15-4-2-14(3-5-15)35(28)23(31-26)33-10-8-32(9-11-33)22(37)20(36)16-12-29-19-18(16)17(24)13-30-21(19)34(27)7-6-25/h2,4-7,12-14,29H,3,8-11,25-28H2,1H3/b7-6-,31-23-. The minimum Gasteiger partial charge on any atom is -0.497 e. The second-order valence-electron chi connectivity index (χ2n) is 8.55. The number of ketones is 1. The number of hydrazine groups is 2. The van der Waals surface area contributed by atoms with Gasteiger partial charge in [-0.05, 0) is 18.6 Å². The number of carbonyl (C=O) groups is 2. The van der Waals surface area contributed by atoms with E-state index in [4.69, 9.17) is 28.0 Å². The molecule has 0 spiro atoms. The fourth-order valence-corrected chi connectivity index (χ4v) is 4.41. The number of amides is 1. The molecular weight excluding hydrogens is 497 g/mol. The van der Waals surface area contributed by atoms with E-state index in [9.17, 15) is 14.0 Å². The molecule has 1 aliphatic heterocycles. The number of guanidine groups is 1. The summed E-state index contributed by atoms with van der Waals surface area (Å²) >= 11 is 0. The summed E-state index contributed by atoms with van der Waals surface area (Å²) in [6.07, 6.45) is 10.9. The van der Waals surface area contributed by atoms with Crippen LogP contribution in [0, 0.1) is 5.82 Å². The van der Waals surface area contributed by atoms with Crippen molar-refractivity contribution < 1.29 is 18.7 Å². The first-order chi connectivity index (χ1) is 18.3. The van der Waals surface area contributed by atoms with Gasteiger partial charge in [-0.2, -0.15) is 0 Å². The van der Waals surface area contributed by atoms with Gasteiger partial charge in [-0.25, -0.2) is 21.1 Å². The van der Waals surface area contributed by atoms with Crippen molar-refractivity contribution in [3.8, 4) is 0 Å². The Labute approximate surface area is 217 Å². The number of aromatic nitrogens is 2. The molecule has 0 aromatic carbocycles. The lowest BCUT2D eigenvalue weighted by atomic mass is 10.1. The number of methoxy groups -OCH3 is 1. The molecule has 15 heteroatoms. The summed E-state index contributed by atoms with van der Waals surface area (Å²) in [7, 11) is 1.59. The van der Waals surface area contributed by atoms with Gasteiger partial charge in [0, 0.05) is 44.8 Å². The van der Waals surface area contributed by atoms with Crippen molar-refractivity contribution in [2.45, 2.75) is 12.5 Å². The summed E-state index contributed by atoms with van der Waals surface area (Å²) in [5, 5.41) is 6.30. The third-order valence-corrected chi connectivity index (χ3v) is 6.41. The maximum absolute atomic E-state index is 14.7. The van der Waals surface area contributed by atoms with Crippen LogP contribution < -0.4 is 28.3 Å². The van der Waals surface area contributed by atoms with E-state index < -0.39 is 17.5 Å². The van der Waals surface area contributed by atoms with Crippen LogP contribution in [0.25, 0.3) is 10.9 Å². The SMILES string of the molecule is COC1=CCC(N(N)/C(=N\N)N2CCN(C(=O)C(=O)c3c[nH]c4c(N(N)/C=C\N)ncc(F)c34)CC2)C=C1. The fourth-order valence-electron chi connectivity index (χ4n) is 4.41. The largest absolute Gasteiger partial charge is 0.497 e. The molecule has 9 N–H and O–H groups in total. The lowest BCUT2D eigenvalue weighted by Gasteiger charge is -2.39. The first-order valence-corrected chi connectivity index (χ1v) is 11.7. The Bertz CT molecular complexity index is 1330. The number of hydrogen-bond acceptors (Lipinski definition) is 10. The number of fused-ring (bicyclic) bond motifs is 1. The van der Waals surface area contributed by atoms with Crippen molar-refractivity contribution in [1.82, 2.24) is 24.8 Å². The number of nitrogens with one attached hydrogen (secondary N) is 1. The maximum atomic E-state index is 14.7. The van der Waals surface area contributed by atoms with Gasteiger partial charge in [0.25, 0.3) is 11.7 Å². The zero-order valence-electron chi connectivity index (χ0n) is 20.7. The monoisotopic (exact) mass is 527 g/mol. The summed E-state index contributed by atoms with van der Waals surface area (Å²) in [6, 6.07) is -0.182. The Morgan fingerprint density at radius 3 is 2.58 bits per heavy atom. The van der Waals surface area contributed by atoms with E-state index in [1.54, 1.807) is 7.11 Å². The summed E-state index contributed by atoms with van der Waals surface area (Å²) in [6.45, 7) is 1.09. The zero-order valence-corrected chi connectivity index (χ0v) is 20.7. The minimum atomic E-state index is -0.861. The van der Waals surface area contributed by atoms with E-state index in [0.717, 1.165) is 17.0 Å². The number of anilines is 1. The van der Waals surface area contributed by atoms with Gasteiger partial charge in [-0.1, -0.05) is 6.08 Å². The lowest BCUT2D eigenvalue weighted by molar-refractivity contribution is -0.127. The van der Waals surface area contributed by atoms with Crippen LogP contribution in [-0.4, -0.2) is 81.8 Å². The number of pyridine rings is 1. The third kappa shape index (κ3) is 4.96. The number of nitrogens with zero attached hydrogens (tertiary/aromatic N) is 6. The van der Waals surface area contributed by atoms with Crippen LogP contribution in [-0.2, 0) is 9.53 Å². The number of halogens is 1. The normalized spacial score (nSPS) is 18.2. The van der Waals surface area contributed by atoms with Gasteiger partial charge in [0.15, 0.2) is 11.6 Å². The fraction of sp³-hybridized carbons (Fsp3) is 0.304. The Hall–Kier alpha value is -4.63. The molecule has 38 heavy (non-hydrogen) atoms. The highest BCUT2D eigenvalue weighted by Crippen LogP contribution is 2.28. The number of ether oxygens (including phenoxy) is 1. The maximum Gasteiger partial charge on any atom is 0.295 e.